The number of hydrogen-bond donors (Lipinski definition) is 1. The number of nitrogens with zero attached hydrogens (tertiary/aromatic N) is 2. The van der Waals surface area contributed by atoms with Crippen LogP contribution in [0.25, 0.3) is 0 Å². The van der Waals surface area contributed by atoms with Crippen molar-refractivity contribution in [3.05, 3.63) is 41.2 Å². The van der Waals surface area contributed by atoms with Crippen molar-refractivity contribution < 1.29 is 13.2 Å². The Morgan fingerprint density at radius 2 is 2.11 bits per heavy atom. The van der Waals surface area contributed by atoms with Gasteiger partial charge in [-0.2, -0.15) is 13.2 Å². The first-order chi connectivity index (χ1) is 8.91. The van der Waals surface area contributed by atoms with Gasteiger partial charge >= 0.3 is 6.18 Å². The van der Waals surface area contributed by atoms with E-state index in [-0.39, 0.29) is 10.7 Å². The molecule has 0 aliphatic heterocycles. The van der Waals surface area contributed by atoms with Crippen LogP contribution < -0.4 is 5.32 Å². The Balaban J connectivity index is 2.40. The third-order valence-electron chi connectivity index (χ3n) is 2.59. The fourth-order valence-electron chi connectivity index (χ4n) is 1.67. The van der Waals surface area contributed by atoms with Crippen molar-refractivity contribution >= 4 is 23.2 Å². The number of aromatic nitrogens is 2. The molecule has 19 heavy (non-hydrogen) atoms. The van der Waals surface area contributed by atoms with Gasteiger partial charge in [-0.1, -0.05) is 11.6 Å². The molecule has 0 spiro atoms. The van der Waals surface area contributed by atoms with Crippen molar-refractivity contribution in [3.8, 4) is 0 Å². The Hall–Kier alpha value is -1.69. The second-order valence-electron chi connectivity index (χ2n) is 3.85. The van der Waals surface area contributed by atoms with E-state index >= 15 is 0 Å². The van der Waals surface area contributed by atoms with E-state index in [4.69, 9.17) is 11.6 Å². The zero-order valence-electron chi connectivity index (χ0n) is 10.0. The SMILES string of the molecule is CCn1ccnc1Nc1ccc(Cl)cc1C(F)(F)F. The van der Waals surface area contributed by atoms with E-state index in [2.05, 4.69) is 10.3 Å². The van der Waals surface area contributed by atoms with Crippen molar-refractivity contribution in [1.82, 2.24) is 9.55 Å². The number of benzene rings is 1. The van der Waals surface area contributed by atoms with E-state index in [0.717, 1.165) is 6.07 Å². The zero-order valence-corrected chi connectivity index (χ0v) is 10.8. The summed E-state index contributed by atoms with van der Waals surface area (Å²) in [5.74, 6) is 0.357. The van der Waals surface area contributed by atoms with Crippen molar-refractivity contribution in [2.24, 2.45) is 0 Å². The van der Waals surface area contributed by atoms with Crippen LogP contribution in [0.5, 0.6) is 0 Å². The minimum Gasteiger partial charge on any atom is -0.325 e. The molecule has 7 heteroatoms. The number of aryl methyl sites for hydroxylation is 1. The molecule has 3 nitrogen and oxygen atoms in total. The predicted molar refractivity (Wildman–Crippen MR) is 67.6 cm³/mol. The molecule has 0 atom stereocenters. The molecule has 2 rings (SSSR count). The number of imidazole rings is 1. The first-order valence-corrected chi connectivity index (χ1v) is 5.94. The number of halogens is 4. The normalized spacial score (nSPS) is 11.6. The molecule has 102 valence electrons. The van der Waals surface area contributed by atoms with E-state index in [1.165, 1.54) is 18.3 Å². The lowest BCUT2D eigenvalue weighted by Crippen LogP contribution is -2.10. The van der Waals surface area contributed by atoms with Crippen LogP contribution in [-0.2, 0) is 12.7 Å². The molecule has 0 aliphatic rings. The topological polar surface area (TPSA) is 29.9 Å². The Kier molecular flexibility index (Phi) is 3.71. The molecule has 0 amide bonds. The summed E-state index contributed by atoms with van der Waals surface area (Å²) < 4.78 is 40.4. The average molecular weight is 290 g/mol. The van der Waals surface area contributed by atoms with Crippen LogP contribution in [-0.4, -0.2) is 9.55 Å². The Labute approximate surface area is 113 Å². The highest BCUT2D eigenvalue weighted by Crippen LogP contribution is 2.37. The average Bonchev–Trinajstić information content (AvgIpc) is 2.77. The van der Waals surface area contributed by atoms with Gasteiger partial charge in [-0.15, -0.1) is 0 Å². The maximum atomic E-state index is 12.9. The van der Waals surface area contributed by atoms with Gasteiger partial charge in [0, 0.05) is 24.0 Å². The summed E-state index contributed by atoms with van der Waals surface area (Å²) in [6.07, 6.45) is -1.27. The zero-order chi connectivity index (χ0) is 14.0. The first-order valence-electron chi connectivity index (χ1n) is 5.56. The molecule has 1 N–H and O–H groups in total. The van der Waals surface area contributed by atoms with E-state index in [1.54, 1.807) is 10.8 Å². The number of rotatable bonds is 3. The molecule has 1 heterocycles. The van der Waals surface area contributed by atoms with Crippen molar-refractivity contribution in [1.29, 1.82) is 0 Å². The number of hydrogen-bond acceptors (Lipinski definition) is 2. The smallest absolute Gasteiger partial charge is 0.325 e. The molecule has 0 saturated heterocycles. The summed E-state index contributed by atoms with van der Waals surface area (Å²) in [7, 11) is 0. The van der Waals surface area contributed by atoms with E-state index in [9.17, 15) is 13.2 Å². The Morgan fingerprint density at radius 1 is 1.37 bits per heavy atom. The van der Waals surface area contributed by atoms with Crippen LogP contribution in [0.3, 0.4) is 0 Å². The molecule has 0 bridgehead atoms. The van der Waals surface area contributed by atoms with E-state index in [0.29, 0.717) is 12.5 Å². The highest BCUT2D eigenvalue weighted by atomic mass is 35.5. The van der Waals surface area contributed by atoms with Gasteiger partial charge in [0.1, 0.15) is 0 Å². The summed E-state index contributed by atoms with van der Waals surface area (Å²) in [5, 5.41) is 2.72. The summed E-state index contributed by atoms with van der Waals surface area (Å²) >= 11 is 5.61. The summed E-state index contributed by atoms with van der Waals surface area (Å²) in [4.78, 5) is 3.98. The highest BCUT2D eigenvalue weighted by Gasteiger charge is 2.34. The van der Waals surface area contributed by atoms with Gasteiger partial charge in [0.15, 0.2) is 0 Å². The largest absolute Gasteiger partial charge is 0.418 e. The first kappa shape index (κ1) is 13.7. The molecule has 1 aromatic heterocycles. The number of alkyl halides is 3. The fourth-order valence-corrected chi connectivity index (χ4v) is 1.84. The third-order valence-corrected chi connectivity index (χ3v) is 2.82. The maximum absolute atomic E-state index is 12.9. The summed E-state index contributed by atoms with van der Waals surface area (Å²) in [6.45, 7) is 2.48. The molecular weight excluding hydrogens is 279 g/mol. The van der Waals surface area contributed by atoms with E-state index < -0.39 is 11.7 Å². The molecule has 0 saturated carbocycles. The second-order valence-corrected chi connectivity index (χ2v) is 4.29. The minimum absolute atomic E-state index is 0.0386. The second kappa shape index (κ2) is 5.13. The van der Waals surface area contributed by atoms with Crippen LogP contribution >= 0.6 is 11.6 Å². The molecule has 0 fully saturated rings. The van der Waals surface area contributed by atoms with Gasteiger partial charge in [0.05, 0.1) is 11.3 Å². The fraction of sp³-hybridized carbons (Fsp3) is 0.250. The van der Waals surface area contributed by atoms with Gasteiger partial charge in [0.2, 0.25) is 5.95 Å². The molecule has 0 unspecified atom stereocenters. The maximum Gasteiger partial charge on any atom is 0.418 e. The monoisotopic (exact) mass is 289 g/mol. The summed E-state index contributed by atoms with van der Waals surface area (Å²) in [6, 6.07) is 3.58. The van der Waals surface area contributed by atoms with Gasteiger partial charge in [-0.05, 0) is 25.1 Å². The van der Waals surface area contributed by atoms with Crippen molar-refractivity contribution in [2.45, 2.75) is 19.6 Å². The van der Waals surface area contributed by atoms with Gasteiger partial charge < -0.3 is 9.88 Å². The van der Waals surface area contributed by atoms with Crippen LogP contribution in [0.2, 0.25) is 5.02 Å². The lowest BCUT2D eigenvalue weighted by molar-refractivity contribution is -0.136. The van der Waals surface area contributed by atoms with E-state index in [1.807, 2.05) is 6.92 Å². The van der Waals surface area contributed by atoms with Crippen molar-refractivity contribution in [3.63, 3.8) is 0 Å². The minimum atomic E-state index is -4.48. The molecule has 2 aromatic rings. The third kappa shape index (κ3) is 3.01. The summed E-state index contributed by atoms with van der Waals surface area (Å²) in [5.41, 5.74) is -0.886. The van der Waals surface area contributed by atoms with Crippen LogP contribution in [0.4, 0.5) is 24.8 Å². The van der Waals surface area contributed by atoms with Gasteiger partial charge in [0.25, 0.3) is 0 Å². The Morgan fingerprint density at radius 3 is 2.74 bits per heavy atom. The predicted octanol–water partition coefficient (Wildman–Crippen LogP) is 4.32. The van der Waals surface area contributed by atoms with Crippen molar-refractivity contribution in [2.75, 3.05) is 5.32 Å². The molecule has 0 radical (unpaired) electrons. The van der Waals surface area contributed by atoms with Crippen LogP contribution in [0, 0.1) is 0 Å². The van der Waals surface area contributed by atoms with Gasteiger partial charge in [-0.3, -0.25) is 0 Å². The standard InChI is InChI=1S/C12H11ClF3N3/c1-2-19-6-5-17-11(19)18-10-4-3-8(13)7-9(10)12(14,15)16/h3-7H,2H2,1H3,(H,17,18). The molecular formula is C12H11ClF3N3. The Bertz CT molecular complexity index is 578. The van der Waals surface area contributed by atoms with Crippen LogP contribution in [0.1, 0.15) is 12.5 Å². The lowest BCUT2D eigenvalue weighted by atomic mass is 10.1. The highest BCUT2D eigenvalue weighted by molar-refractivity contribution is 6.30. The van der Waals surface area contributed by atoms with Gasteiger partial charge in [-0.25, -0.2) is 4.98 Å². The number of nitrogens with one attached hydrogen (secondary N) is 1. The molecule has 1 aromatic carbocycles. The lowest BCUT2D eigenvalue weighted by Gasteiger charge is -2.15. The number of anilines is 2. The quantitative estimate of drug-likeness (QED) is 0.912. The molecule has 0 aliphatic carbocycles. The van der Waals surface area contributed by atoms with Crippen LogP contribution in [0.15, 0.2) is 30.6 Å².